The summed E-state index contributed by atoms with van der Waals surface area (Å²) in [5.41, 5.74) is -2.51. The molecule has 1 N–H and O–H groups in total. The molecule has 0 saturated carbocycles. The van der Waals surface area contributed by atoms with Crippen molar-refractivity contribution < 1.29 is 14.2 Å². The Labute approximate surface area is 186 Å². The predicted molar refractivity (Wildman–Crippen MR) is 114 cm³/mol. The summed E-state index contributed by atoms with van der Waals surface area (Å²) in [6.45, 7) is 3.51. The molecule has 5 unspecified atom stereocenters. The molecule has 5 atom stereocenters. The first-order chi connectivity index (χ1) is 15.3. The molecule has 2 aromatic rings. The van der Waals surface area contributed by atoms with Crippen LogP contribution in [0.4, 0.5) is 0 Å². The second kappa shape index (κ2) is 7.38. The SMILES string of the molecule is COc1ccccc1C1C2(C)OC(=N)C1(C#N)C(C#N)(C#N)C(C(C)c1ccccc1)O2. The van der Waals surface area contributed by atoms with Crippen molar-refractivity contribution in [2.24, 2.45) is 10.8 Å². The Morgan fingerprint density at radius 2 is 1.62 bits per heavy atom. The molecular formula is C25H22N4O3. The fourth-order valence-electron chi connectivity index (χ4n) is 5.29. The van der Waals surface area contributed by atoms with Gasteiger partial charge >= 0.3 is 0 Å². The van der Waals surface area contributed by atoms with Gasteiger partial charge in [-0.3, -0.25) is 5.41 Å². The topological polar surface area (TPSA) is 123 Å². The van der Waals surface area contributed by atoms with E-state index in [9.17, 15) is 15.8 Å². The smallest absolute Gasteiger partial charge is 0.218 e. The maximum atomic E-state index is 10.5. The van der Waals surface area contributed by atoms with Crippen molar-refractivity contribution in [3.05, 3.63) is 65.7 Å². The van der Waals surface area contributed by atoms with E-state index < -0.39 is 40.5 Å². The fourth-order valence-corrected chi connectivity index (χ4v) is 5.29. The third-order valence-corrected chi connectivity index (χ3v) is 6.79. The molecular weight excluding hydrogens is 404 g/mol. The number of benzene rings is 2. The zero-order chi connectivity index (χ0) is 23.1. The average Bonchev–Trinajstić information content (AvgIpc) is 3.01. The number of methoxy groups -OCH3 is 1. The maximum absolute atomic E-state index is 10.5. The van der Waals surface area contributed by atoms with E-state index in [1.165, 1.54) is 7.11 Å². The van der Waals surface area contributed by atoms with Crippen LogP contribution in [0.25, 0.3) is 0 Å². The highest BCUT2D eigenvalue weighted by Crippen LogP contribution is 2.68. The number of ether oxygens (including phenoxy) is 3. The standard InChI is InChI=1S/C25H22N4O3/c1-16(17-9-5-4-6-10-17)21-24(13-26,14-27)25(15-28)20(23(2,31-21)32-22(25)29)18-11-7-8-12-19(18)30-3/h4-12,16,20-21,29H,1-3H3. The molecule has 0 aromatic heterocycles. The van der Waals surface area contributed by atoms with Gasteiger partial charge in [0.1, 0.15) is 11.9 Å². The minimum atomic E-state index is -2.00. The summed E-state index contributed by atoms with van der Waals surface area (Å²) >= 11 is 0. The van der Waals surface area contributed by atoms with Gasteiger partial charge in [0.25, 0.3) is 0 Å². The molecule has 2 aliphatic heterocycles. The lowest BCUT2D eigenvalue weighted by Gasteiger charge is -2.50. The van der Waals surface area contributed by atoms with Crippen molar-refractivity contribution in [2.75, 3.05) is 7.11 Å². The molecule has 4 rings (SSSR count). The molecule has 32 heavy (non-hydrogen) atoms. The minimum Gasteiger partial charge on any atom is -0.496 e. The van der Waals surface area contributed by atoms with Gasteiger partial charge in [-0.25, -0.2) is 0 Å². The molecule has 160 valence electrons. The van der Waals surface area contributed by atoms with Gasteiger partial charge in [0.15, 0.2) is 10.8 Å². The molecule has 2 aliphatic rings. The van der Waals surface area contributed by atoms with Crippen LogP contribution < -0.4 is 4.74 Å². The van der Waals surface area contributed by atoms with E-state index in [-0.39, 0.29) is 0 Å². The van der Waals surface area contributed by atoms with E-state index in [4.69, 9.17) is 19.6 Å². The molecule has 0 radical (unpaired) electrons. The largest absolute Gasteiger partial charge is 0.496 e. The first kappa shape index (κ1) is 21.4. The van der Waals surface area contributed by atoms with E-state index in [0.717, 1.165) is 5.56 Å². The lowest BCUT2D eigenvalue weighted by molar-refractivity contribution is -0.255. The molecule has 2 fully saturated rings. The summed E-state index contributed by atoms with van der Waals surface area (Å²) in [7, 11) is 1.50. The van der Waals surface area contributed by atoms with Crippen molar-refractivity contribution in [3.8, 4) is 24.0 Å². The number of hydrogen-bond acceptors (Lipinski definition) is 7. The zero-order valence-corrected chi connectivity index (χ0v) is 18.0. The number of fused-ring (bicyclic) bond motifs is 2. The summed E-state index contributed by atoms with van der Waals surface area (Å²) < 4.78 is 17.8. The van der Waals surface area contributed by atoms with Crippen LogP contribution >= 0.6 is 0 Å². The molecule has 7 nitrogen and oxygen atoms in total. The second-order valence-electron chi connectivity index (χ2n) is 8.31. The van der Waals surface area contributed by atoms with E-state index in [0.29, 0.717) is 11.3 Å². The number of hydrogen-bond donors (Lipinski definition) is 1. The normalized spacial score (nSPS) is 30.8. The Morgan fingerprint density at radius 3 is 2.22 bits per heavy atom. The predicted octanol–water partition coefficient (Wildman–Crippen LogP) is 4.25. The van der Waals surface area contributed by atoms with Crippen LogP contribution in [0.15, 0.2) is 54.6 Å². The molecule has 2 bridgehead atoms. The number of nitriles is 3. The Morgan fingerprint density at radius 1 is 1.00 bits per heavy atom. The Hall–Kier alpha value is -3.86. The van der Waals surface area contributed by atoms with Gasteiger partial charge in [0.05, 0.1) is 31.2 Å². The van der Waals surface area contributed by atoms with Crippen LogP contribution in [-0.4, -0.2) is 24.9 Å². The molecule has 0 amide bonds. The molecule has 0 aliphatic carbocycles. The first-order valence-corrected chi connectivity index (χ1v) is 10.2. The van der Waals surface area contributed by atoms with Gasteiger partial charge in [-0.1, -0.05) is 55.5 Å². The average molecular weight is 426 g/mol. The highest BCUT2D eigenvalue weighted by atomic mass is 16.7. The Kier molecular flexibility index (Phi) is 4.93. The Bertz CT molecular complexity index is 1180. The van der Waals surface area contributed by atoms with E-state index in [1.807, 2.05) is 37.3 Å². The number of rotatable bonds is 4. The Balaban J connectivity index is 2.01. The highest BCUT2D eigenvalue weighted by molar-refractivity contribution is 5.90. The van der Waals surface area contributed by atoms with Gasteiger partial charge in [-0.2, -0.15) is 15.8 Å². The third-order valence-electron chi connectivity index (χ3n) is 6.79. The second-order valence-corrected chi connectivity index (χ2v) is 8.31. The zero-order valence-electron chi connectivity index (χ0n) is 18.0. The van der Waals surface area contributed by atoms with Crippen LogP contribution in [0.2, 0.25) is 0 Å². The van der Waals surface area contributed by atoms with Gasteiger partial charge in [-0.05, 0) is 11.6 Å². The minimum absolute atomic E-state index is 0.421. The third kappa shape index (κ3) is 2.51. The van der Waals surface area contributed by atoms with E-state index in [1.54, 1.807) is 31.2 Å². The molecule has 2 saturated heterocycles. The first-order valence-electron chi connectivity index (χ1n) is 10.2. The molecule has 2 aromatic carbocycles. The number of para-hydroxylation sites is 1. The lowest BCUT2D eigenvalue weighted by atomic mass is 9.51. The maximum Gasteiger partial charge on any atom is 0.218 e. The van der Waals surface area contributed by atoms with Gasteiger partial charge < -0.3 is 14.2 Å². The summed E-state index contributed by atoms with van der Waals surface area (Å²) in [5, 5.41) is 40.1. The summed E-state index contributed by atoms with van der Waals surface area (Å²) in [6, 6.07) is 22.8. The van der Waals surface area contributed by atoms with Crippen molar-refractivity contribution >= 4 is 5.90 Å². The number of nitrogens with one attached hydrogen (secondary N) is 1. The van der Waals surface area contributed by atoms with Crippen LogP contribution in [0.5, 0.6) is 5.75 Å². The van der Waals surface area contributed by atoms with Crippen molar-refractivity contribution in [1.29, 1.82) is 21.2 Å². The summed E-state index contributed by atoms with van der Waals surface area (Å²) in [5.74, 6) is -2.78. The molecule has 2 heterocycles. The summed E-state index contributed by atoms with van der Waals surface area (Å²) in [4.78, 5) is 0. The van der Waals surface area contributed by atoms with Crippen molar-refractivity contribution in [3.63, 3.8) is 0 Å². The molecule has 0 spiro atoms. The quantitative estimate of drug-likeness (QED) is 0.780. The van der Waals surface area contributed by atoms with Crippen molar-refractivity contribution in [1.82, 2.24) is 0 Å². The fraction of sp³-hybridized carbons (Fsp3) is 0.360. The van der Waals surface area contributed by atoms with Crippen LogP contribution in [0.1, 0.15) is 36.8 Å². The lowest BCUT2D eigenvalue weighted by Crippen LogP contribution is -2.62. The monoisotopic (exact) mass is 426 g/mol. The van der Waals surface area contributed by atoms with Crippen LogP contribution in [0.3, 0.4) is 0 Å². The molecule has 7 heteroatoms. The highest BCUT2D eigenvalue weighted by Gasteiger charge is 2.80. The van der Waals surface area contributed by atoms with E-state index >= 15 is 0 Å². The van der Waals surface area contributed by atoms with E-state index in [2.05, 4.69) is 18.2 Å². The number of nitrogens with zero attached hydrogens (tertiary/aromatic N) is 3. The summed E-state index contributed by atoms with van der Waals surface area (Å²) in [6.07, 6.45) is -1.02. The van der Waals surface area contributed by atoms with Gasteiger partial charge in [-0.15, -0.1) is 0 Å². The van der Waals surface area contributed by atoms with Crippen LogP contribution in [0, 0.1) is 50.2 Å². The van der Waals surface area contributed by atoms with Crippen molar-refractivity contribution in [2.45, 2.75) is 37.6 Å². The van der Waals surface area contributed by atoms with Crippen LogP contribution in [-0.2, 0) is 9.47 Å². The van der Waals surface area contributed by atoms with Gasteiger partial charge in [0.2, 0.25) is 11.7 Å². The van der Waals surface area contributed by atoms with Gasteiger partial charge in [0, 0.05) is 18.4 Å².